The number of carbonyl (C=O) groups is 1. The van der Waals surface area contributed by atoms with Gasteiger partial charge in [-0.2, -0.15) is 0 Å². The fourth-order valence-electron chi connectivity index (χ4n) is 3.72. The molecule has 0 unspecified atom stereocenters. The van der Waals surface area contributed by atoms with Crippen LogP contribution in [-0.4, -0.2) is 44.4 Å². The van der Waals surface area contributed by atoms with Gasteiger partial charge < -0.3 is 24.4 Å². The Morgan fingerprint density at radius 3 is 2.37 bits per heavy atom. The normalized spacial score (nSPS) is 18.3. The number of aldehydes is 1. The zero-order valence-corrected chi connectivity index (χ0v) is 15.4. The number of phenolic OH excluding ortho intramolecular Hbond substituents is 1. The molecular weight excluding hydrogens is 348 g/mol. The maximum absolute atomic E-state index is 11.7. The summed E-state index contributed by atoms with van der Waals surface area (Å²) in [7, 11) is 4.58. The van der Waals surface area contributed by atoms with Crippen molar-refractivity contribution in [2.24, 2.45) is 5.92 Å². The maximum Gasteiger partial charge on any atom is 0.164 e. The molecule has 0 fully saturated rings. The molecule has 0 amide bonds. The van der Waals surface area contributed by atoms with Gasteiger partial charge in [-0.25, -0.2) is 0 Å². The largest absolute Gasteiger partial charge is 0.504 e. The van der Waals surface area contributed by atoms with Crippen molar-refractivity contribution in [1.82, 2.24) is 0 Å². The quantitative estimate of drug-likeness (QED) is 0.761. The molecule has 2 atom stereocenters. The third kappa shape index (κ3) is 3.13. The van der Waals surface area contributed by atoms with E-state index in [4.69, 9.17) is 14.2 Å². The molecule has 0 bridgehead atoms. The van der Waals surface area contributed by atoms with E-state index in [1.807, 2.05) is 12.1 Å². The summed E-state index contributed by atoms with van der Waals surface area (Å²) in [6.07, 6.45) is 2.49. The molecule has 2 N–H and O–H groups in total. The van der Waals surface area contributed by atoms with E-state index in [9.17, 15) is 15.0 Å². The lowest BCUT2D eigenvalue weighted by atomic mass is 9.71. The average molecular weight is 370 g/mol. The van der Waals surface area contributed by atoms with Crippen LogP contribution >= 0.6 is 0 Å². The molecule has 0 radical (unpaired) electrons. The van der Waals surface area contributed by atoms with Gasteiger partial charge in [0.15, 0.2) is 23.0 Å². The van der Waals surface area contributed by atoms with Crippen molar-refractivity contribution in [3.63, 3.8) is 0 Å². The van der Waals surface area contributed by atoms with E-state index in [-0.39, 0.29) is 12.4 Å². The van der Waals surface area contributed by atoms with E-state index in [1.165, 1.54) is 13.2 Å². The molecule has 142 valence electrons. The van der Waals surface area contributed by atoms with Crippen molar-refractivity contribution in [1.29, 1.82) is 0 Å². The SMILES string of the molecule is COc1ccc([C@H]2c3c(ccc(O)c3OC)C=C(C=O)[C@@H]2CO)cc1OC. The summed E-state index contributed by atoms with van der Waals surface area (Å²) in [6.45, 7) is -0.234. The van der Waals surface area contributed by atoms with Gasteiger partial charge in [-0.3, -0.25) is 4.79 Å². The first-order valence-electron chi connectivity index (χ1n) is 8.49. The Labute approximate surface area is 157 Å². The Bertz CT molecular complexity index is 886. The lowest BCUT2D eigenvalue weighted by Crippen LogP contribution is -2.25. The molecule has 1 aliphatic carbocycles. The number of phenols is 1. The summed E-state index contributed by atoms with van der Waals surface area (Å²) in [6, 6.07) is 8.71. The summed E-state index contributed by atoms with van der Waals surface area (Å²) >= 11 is 0. The Kier molecular flexibility index (Phi) is 5.37. The lowest BCUT2D eigenvalue weighted by Gasteiger charge is -2.33. The molecule has 0 saturated heterocycles. The molecule has 2 aromatic rings. The van der Waals surface area contributed by atoms with Crippen LogP contribution in [0.2, 0.25) is 0 Å². The van der Waals surface area contributed by atoms with Crippen LogP contribution in [0, 0.1) is 5.92 Å². The van der Waals surface area contributed by atoms with Gasteiger partial charge in [0.25, 0.3) is 0 Å². The van der Waals surface area contributed by atoms with Crippen molar-refractivity contribution in [3.8, 4) is 23.0 Å². The highest BCUT2D eigenvalue weighted by atomic mass is 16.5. The third-order valence-corrected chi connectivity index (χ3v) is 4.98. The molecule has 27 heavy (non-hydrogen) atoms. The van der Waals surface area contributed by atoms with Crippen LogP contribution in [0.4, 0.5) is 0 Å². The van der Waals surface area contributed by atoms with Crippen LogP contribution in [0.3, 0.4) is 0 Å². The van der Waals surface area contributed by atoms with E-state index in [2.05, 4.69) is 0 Å². The fourth-order valence-corrected chi connectivity index (χ4v) is 3.72. The molecule has 0 saturated carbocycles. The van der Waals surface area contributed by atoms with Crippen LogP contribution in [0.1, 0.15) is 22.6 Å². The second kappa shape index (κ2) is 7.72. The van der Waals surface area contributed by atoms with Gasteiger partial charge in [0.1, 0.15) is 6.29 Å². The highest BCUT2D eigenvalue weighted by Crippen LogP contribution is 2.49. The fraction of sp³-hybridized carbons (Fsp3) is 0.286. The minimum absolute atomic E-state index is 0.00127. The second-order valence-corrected chi connectivity index (χ2v) is 6.26. The van der Waals surface area contributed by atoms with Crippen molar-refractivity contribution in [3.05, 3.63) is 52.6 Å². The predicted octanol–water partition coefficient (Wildman–Crippen LogP) is 2.75. The van der Waals surface area contributed by atoms with E-state index < -0.39 is 11.8 Å². The highest BCUT2D eigenvalue weighted by Gasteiger charge is 2.36. The number of hydrogen-bond donors (Lipinski definition) is 2. The topological polar surface area (TPSA) is 85.2 Å². The minimum Gasteiger partial charge on any atom is -0.504 e. The highest BCUT2D eigenvalue weighted by molar-refractivity contribution is 5.86. The van der Waals surface area contributed by atoms with Crippen molar-refractivity contribution >= 4 is 12.4 Å². The molecule has 6 nitrogen and oxygen atoms in total. The number of carbonyl (C=O) groups excluding carboxylic acids is 1. The van der Waals surface area contributed by atoms with E-state index in [1.54, 1.807) is 32.4 Å². The van der Waals surface area contributed by atoms with Gasteiger partial charge in [0.05, 0.1) is 27.9 Å². The second-order valence-electron chi connectivity index (χ2n) is 6.26. The van der Waals surface area contributed by atoms with Gasteiger partial charge in [0.2, 0.25) is 0 Å². The molecule has 0 heterocycles. The number of aliphatic hydroxyl groups excluding tert-OH is 1. The van der Waals surface area contributed by atoms with Crippen molar-refractivity contribution in [2.45, 2.75) is 5.92 Å². The molecule has 0 aromatic heterocycles. The Morgan fingerprint density at radius 2 is 1.78 bits per heavy atom. The summed E-state index contributed by atoms with van der Waals surface area (Å²) in [5.74, 6) is 0.551. The van der Waals surface area contributed by atoms with Crippen LogP contribution in [0.15, 0.2) is 35.9 Å². The van der Waals surface area contributed by atoms with Gasteiger partial charge in [-0.15, -0.1) is 0 Å². The van der Waals surface area contributed by atoms with Crippen molar-refractivity contribution in [2.75, 3.05) is 27.9 Å². The first-order valence-corrected chi connectivity index (χ1v) is 8.49. The predicted molar refractivity (Wildman–Crippen MR) is 101 cm³/mol. The first kappa shape index (κ1) is 18.8. The van der Waals surface area contributed by atoms with Crippen molar-refractivity contribution < 1.29 is 29.2 Å². The number of benzene rings is 2. The van der Waals surface area contributed by atoms with E-state index in [0.29, 0.717) is 22.8 Å². The summed E-state index contributed by atoms with van der Waals surface area (Å²) in [5, 5.41) is 20.3. The number of methoxy groups -OCH3 is 3. The lowest BCUT2D eigenvalue weighted by molar-refractivity contribution is -0.105. The van der Waals surface area contributed by atoms with E-state index >= 15 is 0 Å². The molecule has 6 heteroatoms. The molecule has 2 aromatic carbocycles. The summed E-state index contributed by atoms with van der Waals surface area (Å²) < 4.78 is 16.2. The Balaban J connectivity index is 2.29. The van der Waals surface area contributed by atoms with Crippen LogP contribution in [0.5, 0.6) is 23.0 Å². The first-order chi connectivity index (χ1) is 13.1. The van der Waals surface area contributed by atoms with Gasteiger partial charge >= 0.3 is 0 Å². The number of rotatable bonds is 6. The Hall–Kier alpha value is -2.99. The maximum atomic E-state index is 11.7. The standard InChI is InChI=1S/C21H22O6/c1-25-17-7-5-13(9-18(17)26-2)19-15(11-23)14(10-22)8-12-4-6-16(24)21(27-3)20(12)19/h4-10,15,19,23-24H,11H2,1-3H3/t15-,19+/m0/s1. The molecule has 3 rings (SSSR count). The van der Waals surface area contributed by atoms with Crippen LogP contribution in [0.25, 0.3) is 6.08 Å². The molecule has 0 spiro atoms. The van der Waals surface area contributed by atoms with Gasteiger partial charge in [0, 0.05) is 17.4 Å². The number of ether oxygens (including phenoxy) is 3. The van der Waals surface area contributed by atoms with Gasteiger partial charge in [-0.1, -0.05) is 12.1 Å². The third-order valence-electron chi connectivity index (χ3n) is 4.98. The number of fused-ring (bicyclic) bond motifs is 1. The Morgan fingerprint density at radius 1 is 1.04 bits per heavy atom. The number of aliphatic hydroxyl groups is 1. The van der Waals surface area contributed by atoms with Gasteiger partial charge in [-0.05, 0) is 41.0 Å². The smallest absolute Gasteiger partial charge is 0.164 e. The number of aromatic hydroxyl groups is 1. The van der Waals surface area contributed by atoms with E-state index in [0.717, 1.165) is 23.0 Å². The average Bonchev–Trinajstić information content (AvgIpc) is 2.71. The minimum atomic E-state index is -0.483. The molecule has 1 aliphatic rings. The summed E-state index contributed by atoms with van der Waals surface area (Å²) in [4.78, 5) is 11.7. The molecule has 0 aliphatic heterocycles. The zero-order valence-electron chi connectivity index (χ0n) is 15.4. The monoisotopic (exact) mass is 370 g/mol. The number of hydrogen-bond acceptors (Lipinski definition) is 6. The summed E-state index contributed by atoms with van der Waals surface area (Å²) in [5.41, 5.74) is 2.77. The van der Waals surface area contributed by atoms with Crippen LogP contribution in [-0.2, 0) is 4.79 Å². The van der Waals surface area contributed by atoms with Crippen LogP contribution < -0.4 is 14.2 Å². The zero-order chi connectivity index (χ0) is 19.6. The molecular formula is C21H22O6.